The standard InChI is InChI=1S/C15H17N3O3S2/c1-4-9-22-15-18-17-14(23-15)16-13(19)10(2)21-12-7-5-11(20-3)6-8-12/h4-8,10H,1,9H2,2-3H3,(H,16,17,19). The van der Waals surface area contributed by atoms with E-state index >= 15 is 0 Å². The molecule has 0 bridgehead atoms. The maximum atomic E-state index is 12.1. The minimum atomic E-state index is -0.656. The summed E-state index contributed by atoms with van der Waals surface area (Å²) in [6.45, 7) is 5.32. The molecule has 0 aliphatic carbocycles. The summed E-state index contributed by atoms with van der Waals surface area (Å²) in [6, 6.07) is 7.04. The molecule has 0 aliphatic heterocycles. The Labute approximate surface area is 142 Å². The van der Waals surface area contributed by atoms with Gasteiger partial charge in [-0.2, -0.15) is 0 Å². The summed E-state index contributed by atoms with van der Waals surface area (Å²) in [5, 5.41) is 11.1. The van der Waals surface area contributed by atoms with Crippen molar-refractivity contribution in [2.24, 2.45) is 0 Å². The monoisotopic (exact) mass is 351 g/mol. The van der Waals surface area contributed by atoms with Crippen LogP contribution in [-0.4, -0.2) is 35.1 Å². The third-order valence-corrected chi connectivity index (χ3v) is 4.67. The van der Waals surface area contributed by atoms with E-state index in [4.69, 9.17) is 9.47 Å². The van der Waals surface area contributed by atoms with Crippen LogP contribution >= 0.6 is 23.1 Å². The summed E-state index contributed by atoms with van der Waals surface area (Å²) >= 11 is 2.83. The number of amides is 1. The van der Waals surface area contributed by atoms with Gasteiger partial charge >= 0.3 is 0 Å². The van der Waals surface area contributed by atoms with Crippen molar-refractivity contribution in [3.05, 3.63) is 36.9 Å². The van der Waals surface area contributed by atoms with Gasteiger partial charge in [0.05, 0.1) is 7.11 Å². The molecule has 0 spiro atoms. The molecule has 1 amide bonds. The van der Waals surface area contributed by atoms with E-state index in [0.29, 0.717) is 10.9 Å². The van der Waals surface area contributed by atoms with Crippen LogP contribution in [0.3, 0.4) is 0 Å². The molecule has 0 saturated heterocycles. The Kier molecular flexibility index (Phi) is 6.42. The molecule has 1 atom stereocenters. The van der Waals surface area contributed by atoms with Gasteiger partial charge in [0, 0.05) is 5.75 Å². The lowest BCUT2D eigenvalue weighted by atomic mass is 10.3. The van der Waals surface area contributed by atoms with Crippen LogP contribution in [0.1, 0.15) is 6.92 Å². The number of hydrogen-bond donors (Lipinski definition) is 1. The lowest BCUT2D eigenvalue weighted by Gasteiger charge is -2.13. The van der Waals surface area contributed by atoms with Crippen molar-refractivity contribution in [3.8, 4) is 11.5 Å². The smallest absolute Gasteiger partial charge is 0.266 e. The molecular weight excluding hydrogens is 334 g/mol. The molecule has 122 valence electrons. The van der Waals surface area contributed by atoms with Crippen LogP contribution < -0.4 is 14.8 Å². The summed E-state index contributed by atoms with van der Waals surface area (Å²) in [5.41, 5.74) is 0. The van der Waals surface area contributed by atoms with Crippen molar-refractivity contribution in [3.63, 3.8) is 0 Å². The van der Waals surface area contributed by atoms with Gasteiger partial charge in [0.1, 0.15) is 11.5 Å². The van der Waals surface area contributed by atoms with Crippen LogP contribution in [0.4, 0.5) is 5.13 Å². The van der Waals surface area contributed by atoms with Gasteiger partial charge < -0.3 is 9.47 Å². The first-order valence-corrected chi connectivity index (χ1v) is 8.61. The SMILES string of the molecule is C=CCSc1nnc(NC(=O)C(C)Oc2ccc(OC)cc2)s1. The summed E-state index contributed by atoms with van der Waals surface area (Å²) in [5.74, 6) is 1.79. The summed E-state index contributed by atoms with van der Waals surface area (Å²) < 4.78 is 11.4. The zero-order chi connectivity index (χ0) is 16.7. The number of nitrogens with zero attached hydrogens (tertiary/aromatic N) is 2. The molecule has 0 fully saturated rings. The second-order valence-corrected chi connectivity index (χ2v) is 6.64. The fraction of sp³-hybridized carbons (Fsp3) is 0.267. The van der Waals surface area contributed by atoms with Gasteiger partial charge in [-0.1, -0.05) is 29.2 Å². The van der Waals surface area contributed by atoms with E-state index in [9.17, 15) is 4.79 Å². The summed E-state index contributed by atoms with van der Waals surface area (Å²) in [4.78, 5) is 12.1. The zero-order valence-corrected chi connectivity index (χ0v) is 14.4. The van der Waals surface area contributed by atoms with E-state index in [1.165, 1.54) is 23.1 Å². The van der Waals surface area contributed by atoms with Crippen LogP contribution in [0.2, 0.25) is 0 Å². The second-order valence-electron chi connectivity index (χ2n) is 4.40. The second kappa shape index (κ2) is 8.54. The van der Waals surface area contributed by atoms with Crippen molar-refractivity contribution in [2.45, 2.75) is 17.4 Å². The largest absolute Gasteiger partial charge is 0.497 e. The lowest BCUT2D eigenvalue weighted by Crippen LogP contribution is -2.30. The average Bonchev–Trinajstić information content (AvgIpc) is 3.01. The lowest BCUT2D eigenvalue weighted by molar-refractivity contribution is -0.122. The molecule has 0 radical (unpaired) electrons. The van der Waals surface area contributed by atoms with Crippen LogP contribution in [-0.2, 0) is 4.79 Å². The number of hydrogen-bond acceptors (Lipinski definition) is 7. The number of nitrogens with one attached hydrogen (secondary N) is 1. The molecule has 0 saturated carbocycles. The van der Waals surface area contributed by atoms with E-state index < -0.39 is 6.10 Å². The Hall–Kier alpha value is -2.06. The predicted molar refractivity (Wildman–Crippen MR) is 92.5 cm³/mol. The highest BCUT2D eigenvalue weighted by atomic mass is 32.2. The van der Waals surface area contributed by atoms with Crippen LogP contribution in [0, 0.1) is 0 Å². The van der Waals surface area contributed by atoms with E-state index in [2.05, 4.69) is 22.1 Å². The van der Waals surface area contributed by atoms with Crippen LogP contribution in [0.5, 0.6) is 11.5 Å². The highest BCUT2D eigenvalue weighted by molar-refractivity contribution is 8.01. The molecule has 1 N–H and O–H groups in total. The number of aromatic nitrogens is 2. The quantitative estimate of drug-likeness (QED) is 0.447. The van der Waals surface area contributed by atoms with E-state index in [1.807, 2.05) is 0 Å². The number of carbonyl (C=O) groups is 1. The first-order chi connectivity index (χ1) is 11.1. The van der Waals surface area contributed by atoms with Crippen LogP contribution in [0.25, 0.3) is 0 Å². The highest BCUT2D eigenvalue weighted by Gasteiger charge is 2.17. The number of ether oxygens (including phenoxy) is 2. The average molecular weight is 351 g/mol. The maximum absolute atomic E-state index is 12.1. The molecule has 2 aromatic rings. The molecular formula is C15H17N3O3S2. The minimum absolute atomic E-state index is 0.280. The normalized spacial score (nSPS) is 11.6. The number of methoxy groups -OCH3 is 1. The summed E-state index contributed by atoms with van der Waals surface area (Å²) in [7, 11) is 1.59. The predicted octanol–water partition coefficient (Wildman–Crippen LogP) is 3.23. The minimum Gasteiger partial charge on any atom is -0.497 e. The highest BCUT2D eigenvalue weighted by Crippen LogP contribution is 2.25. The molecule has 6 nitrogen and oxygen atoms in total. The van der Waals surface area contributed by atoms with Gasteiger partial charge in [-0.15, -0.1) is 16.8 Å². The van der Waals surface area contributed by atoms with E-state index in [1.54, 1.807) is 44.4 Å². The molecule has 1 heterocycles. The molecule has 1 unspecified atom stereocenters. The topological polar surface area (TPSA) is 73.3 Å². The molecule has 23 heavy (non-hydrogen) atoms. The summed E-state index contributed by atoms with van der Waals surface area (Å²) in [6.07, 6.45) is 1.13. The van der Waals surface area contributed by atoms with E-state index in [0.717, 1.165) is 15.8 Å². The van der Waals surface area contributed by atoms with Gasteiger partial charge in [0.2, 0.25) is 5.13 Å². The van der Waals surface area contributed by atoms with Crippen molar-refractivity contribution >= 4 is 34.1 Å². The third kappa shape index (κ3) is 5.26. The van der Waals surface area contributed by atoms with Gasteiger partial charge in [0.25, 0.3) is 5.91 Å². The number of rotatable bonds is 8. The number of thioether (sulfide) groups is 1. The molecule has 8 heteroatoms. The Morgan fingerprint density at radius 2 is 2.09 bits per heavy atom. The molecule has 1 aromatic heterocycles. The van der Waals surface area contributed by atoms with Crippen molar-refractivity contribution in [1.29, 1.82) is 0 Å². The molecule has 2 rings (SSSR count). The molecule has 0 aliphatic rings. The number of benzene rings is 1. The maximum Gasteiger partial charge on any atom is 0.266 e. The first-order valence-electron chi connectivity index (χ1n) is 6.81. The van der Waals surface area contributed by atoms with Gasteiger partial charge in [-0.3, -0.25) is 10.1 Å². The number of carbonyl (C=O) groups excluding carboxylic acids is 1. The third-order valence-electron chi connectivity index (χ3n) is 2.70. The Balaban J connectivity index is 1.88. The first kappa shape index (κ1) is 17.3. The molecule has 1 aromatic carbocycles. The van der Waals surface area contributed by atoms with E-state index in [-0.39, 0.29) is 5.91 Å². The Bertz CT molecular complexity index is 658. The van der Waals surface area contributed by atoms with Gasteiger partial charge in [0.15, 0.2) is 10.4 Å². The van der Waals surface area contributed by atoms with Crippen molar-refractivity contribution < 1.29 is 14.3 Å². The van der Waals surface area contributed by atoms with Crippen molar-refractivity contribution in [1.82, 2.24) is 10.2 Å². The zero-order valence-electron chi connectivity index (χ0n) is 12.8. The van der Waals surface area contributed by atoms with Crippen LogP contribution in [0.15, 0.2) is 41.3 Å². The fourth-order valence-electron chi connectivity index (χ4n) is 1.57. The number of anilines is 1. The van der Waals surface area contributed by atoms with Gasteiger partial charge in [-0.25, -0.2) is 0 Å². The van der Waals surface area contributed by atoms with Gasteiger partial charge in [-0.05, 0) is 31.2 Å². The fourth-order valence-corrected chi connectivity index (χ4v) is 3.08. The Morgan fingerprint density at radius 1 is 1.39 bits per heavy atom. The Morgan fingerprint density at radius 3 is 2.74 bits per heavy atom. The van der Waals surface area contributed by atoms with Crippen molar-refractivity contribution in [2.75, 3.05) is 18.2 Å².